The molecule has 0 bridgehead atoms. The fraction of sp³-hybridized carbons (Fsp3) is 0.300. The highest BCUT2D eigenvalue weighted by Crippen LogP contribution is 2.07. The maximum atomic E-state index is 3.94. The molecule has 1 aromatic carbocycles. The maximum absolute atomic E-state index is 3.94. The molecular weight excluding hydrogens is 176 g/mol. The van der Waals surface area contributed by atoms with Crippen molar-refractivity contribution in [3.63, 3.8) is 0 Å². The Morgan fingerprint density at radius 1 is 1.21 bits per heavy atom. The lowest BCUT2D eigenvalue weighted by Crippen LogP contribution is -2.00. The van der Waals surface area contributed by atoms with Gasteiger partial charge >= 0.3 is 0 Å². The van der Waals surface area contributed by atoms with Crippen LogP contribution >= 0.6 is 0 Å². The molecule has 0 aliphatic carbocycles. The predicted molar refractivity (Wildman–Crippen MR) is 52.8 cm³/mol. The molecule has 0 saturated carbocycles. The number of aryl methyl sites for hydroxylation is 2. The van der Waals surface area contributed by atoms with Crippen LogP contribution in [0.15, 0.2) is 24.3 Å². The molecule has 0 aliphatic rings. The quantitative estimate of drug-likeness (QED) is 0.709. The van der Waals surface area contributed by atoms with Crippen LogP contribution in [0.2, 0.25) is 0 Å². The molecule has 4 heteroatoms. The van der Waals surface area contributed by atoms with Crippen LogP contribution in [-0.2, 0) is 13.5 Å². The molecule has 0 amide bonds. The number of rotatable bonds is 2. The lowest BCUT2D eigenvalue weighted by molar-refractivity contribution is 0.686. The molecule has 0 fully saturated rings. The van der Waals surface area contributed by atoms with Gasteiger partial charge in [0.15, 0.2) is 5.82 Å². The average Bonchev–Trinajstić information content (AvgIpc) is 2.56. The van der Waals surface area contributed by atoms with Crippen molar-refractivity contribution in [2.75, 3.05) is 0 Å². The normalized spacial score (nSPS) is 10.4. The van der Waals surface area contributed by atoms with E-state index in [0.29, 0.717) is 0 Å². The van der Waals surface area contributed by atoms with E-state index in [0.717, 1.165) is 12.2 Å². The highest BCUT2D eigenvalue weighted by molar-refractivity contribution is 5.23. The molecule has 0 N–H and O–H groups in total. The first-order valence-corrected chi connectivity index (χ1v) is 4.52. The third-order valence-electron chi connectivity index (χ3n) is 2.19. The van der Waals surface area contributed by atoms with Crippen LogP contribution < -0.4 is 0 Å². The fourth-order valence-corrected chi connectivity index (χ4v) is 1.29. The Balaban J connectivity index is 2.19. The Morgan fingerprint density at radius 3 is 2.50 bits per heavy atom. The summed E-state index contributed by atoms with van der Waals surface area (Å²) >= 11 is 0. The molecule has 2 aromatic rings. The number of tetrazole rings is 1. The second-order valence-corrected chi connectivity index (χ2v) is 3.38. The smallest absolute Gasteiger partial charge is 0.155 e. The van der Waals surface area contributed by atoms with E-state index in [2.05, 4.69) is 46.7 Å². The van der Waals surface area contributed by atoms with Gasteiger partial charge in [-0.1, -0.05) is 29.8 Å². The maximum Gasteiger partial charge on any atom is 0.155 e. The molecule has 0 saturated heterocycles. The van der Waals surface area contributed by atoms with Gasteiger partial charge in [0.1, 0.15) is 0 Å². The number of aromatic nitrogens is 4. The fourth-order valence-electron chi connectivity index (χ4n) is 1.29. The van der Waals surface area contributed by atoms with Crippen LogP contribution in [0.3, 0.4) is 0 Å². The molecule has 0 radical (unpaired) electrons. The van der Waals surface area contributed by atoms with Gasteiger partial charge in [0, 0.05) is 13.5 Å². The molecular formula is C10H12N4. The summed E-state index contributed by atoms with van der Waals surface area (Å²) in [5, 5.41) is 11.3. The van der Waals surface area contributed by atoms with E-state index in [4.69, 9.17) is 0 Å². The largest absolute Gasteiger partial charge is 0.232 e. The van der Waals surface area contributed by atoms with Crippen LogP contribution in [-0.4, -0.2) is 20.2 Å². The molecule has 1 aromatic heterocycles. The predicted octanol–water partition coefficient (Wildman–Crippen LogP) is 1.11. The van der Waals surface area contributed by atoms with Gasteiger partial charge in [-0.05, 0) is 22.9 Å². The molecule has 0 spiro atoms. The molecule has 0 unspecified atom stereocenters. The van der Waals surface area contributed by atoms with Crippen molar-refractivity contribution in [1.82, 2.24) is 20.2 Å². The van der Waals surface area contributed by atoms with Crippen molar-refractivity contribution in [3.8, 4) is 0 Å². The lowest BCUT2D eigenvalue weighted by Gasteiger charge is -1.99. The number of nitrogens with zero attached hydrogens (tertiary/aromatic N) is 4. The Bertz CT molecular complexity index is 416. The Labute approximate surface area is 82.6 Å². The zero-order valence-corrected chi connectivity index (χ0v) is 8.31. The topological polar surface area (TPSA) is 43.6 Å². The molecule has 0 aliphatic heterocycles. The zero-order chi connectivity index (χ0) is 9.97. The van der Waals surface area contributed by atoms with Gasteiger partial charge in [-0.2, -0.15) is 0 Å². The van der Waals surface area contributed by atoms with Crippen LogP contribution in [0, 0.1) is 6.92 Å². The van der Waals surface area contributed by atoms with E-state index in [1.807, 2.05) is 7.05 Å². The molecule has 2 rings (SSSR count). The Morgan fingerprint density at radius 2 is 1.93 bits per heavy atom. The first kappa shape index (κ1) is 8.87. The van der Waals surface area contributed by atoms with E-state index in [9.17, 15) is 0 Å². The first-order valence-electron chi connectivity index (χ1n) is 4.52. The van der Waals surface area contributed by atoms with Crippen LogP contribution in [0.5, 0.6) is 0 Å². The minimum Gasteiger partial charge on any atom is -0.232 e. The van der Waals surface area contributed by atoms with Crippen molar-refractivity contribution in [2.24, 2.45) is 7.05 Å². The van der Waals surface area contributed by atoms with Gasteiger partial charge in [-0.3, -0.25) is 0 Å². The van der Waals surface area contributed by atoms with Crippen molar-refractivity contribution >= 4 is 0 Å². The van der Waals surface area contributed by atoms with E-state index in [1.54, 1.807) is 4.68 Å². The summed E-state index contributed by atoms with van der Waals surface area (Å²) in [6.07, 6.45) is 0.782. The average molecular weight is 188 g/mol. The minimum atomic E-state index is 0.782. The summed E-state index contributed by atoms with van der Waals surface area (Å²) in [5.41, 5.74) is 2.50. The number of hydrogen-bond acceptors (Lipinski definition) is 3. The Kier molecular flexibility index (Phi) is 2.26. The molecule has 72 valence electrons. The zero-order valence-electron chi connectivity index (χ0n) is 8.31. The summed E-state index contributed by atoms with van der Waals surface area (Å²) in [7, 11) is 1.85. The summed E-state index contributed by atoms with van der Waals surface area (Å²) in [6, 6.07) is 8.40. The van der Waals surface area contributed by atoms with Crippen molar-refractivity contribution in [2.45, 2.75) is 13.3 Å². The molecule has 4 nitrogen and oxygen atoms in total. The summed E-state index contributed by atoms with van der Waals surface area (Å²) < 4.78 is 1.69. The van der Waals surface area contributed by atoms with Crippen molar-refractivity contribution < 1.29 is 0 Å². The summed E-state index contributed by atoms with van der Waals surface area (Å²) in [4.78, 5) is 0. The summed E-state index contributed by atoms with van der Waals surface area (Å²) in [5.74, 6) is 0.883. The van der Waals surface area contributed by atoms with Crippen LogP contribution in [0.4, 0.5) is 0 Å². The third-order valence-corrected chi connectivity index (χ3v) is 2.19. The van der Waals surface area contributed by atoms with Gasteiger partial charge in [-0.25, -0.2) is 4.68 Å². The van der Waals surface area contributed by atoms with Crippen molar-refractivity contribution in [3.05, 3.63) is 41.2 Å². The molecule has 0 atom stereocenters. The standard InChI is InChI=1S/C10H12N4/c1-8-3-5-9(6-4-8)7-10-11-12-13-14(10)2/h3-6H,7H2,1-2H3. The second-order valence-electron chi connectivity index (χ2n) is 3.38. The summed E-state index contributed by atoms with van der Waals surface area (Å²) in [6.45, 7) is 2.08. The monoisotopic (exact) mass is 188 g/mol. The van der Waals surface area contributed by atoms with E-state index < -0.39 is 0 Å². The van der Waals surface area contributed by atoms with E-state index >= 15 is 0 Å². The molecule has 1 heterocycles. The lowest BCUT2D eigenvalue weighted by atomic mass is 10.1. The van der Waals surface area contributed by atoms with Crippen LogP contribution in [0.1, 0.15) is 17.0 Å². The third kappa shape index (κ3) is 1.79. The van der Waals surface area contributed by atoms with Gasteiger partial charge in [0.2, 0.25) is 0 Å². The van der Waals surface area contributed by atoms with Gasteiger partial charge in [-0.15, -0.1) is 5.10 Å². The molecule has 14 heavy (non-hydrogen) atoms. The number of hydrogen-bond donors (Lipinski definition) is 0. The van der Waals surface area contributed by atoms with Crippen LogP contribution in [0.25, 0.3) is 0 Å². The highest BCUT2D eigenvalue weighted by Gasteiger charge is 2.02. The Hall–Kier alpha value is -1.71. The van der Waals surface area contributed by atoms with Gasteiger partial charge in [0.05, 0.1) is 0 Å². The SMILES string of the molecule is Cc1ccc(Cc2nnnn2C)cc1. The van der Waals surface area contributed by atoms with Crippen molar-refractivity contribution in [1.29, 1.82) is 0 Å². The first-order chi connectivity index (χ1) is 6.75. The number of benzene rings is 1. The highest BCUT2D eigenvalue weighted by atomic mass is 15.5. The minimum absolute atomic E-state index is 0.782. The second kappa shape index (κ2) is 3.57. The van der Waals surface area contributed by atoms with E-state index in [-0.39, 0.29) is 0 Å². The van der Waals surface area contributed by atoms with Gasteiger partial charge in [0.25, 0.3) is 0 Å². The van der Waals surface area contributed by atoms with E-state index in [1.165, 1.54) is 11.1 Å². The van der Waals surface area contributed by atoms with Gasteiger partial charge < -0.3 is 0 Å².